The molecule has 3 rings (SSSR count). The number of benzene rings is 1. The molecule has 0 aliphatic carbocycles. The van der Waals surface area contributed by atoms with Gasteiger partial charge in [0.1, 0.15) is 11.5 Å². The van der Waals surface area contributed by atoms with Gasteiger partial charge in [-0.15, -0.1) is 0 Å². The molecule has 1 aromatic heterocycles. The predicted octanol–water partition coefficient (Wildman–Crippen LogP) is 3.02. The van der Waals surface area contributed by atoms with Crippen LogP contribution in [0.25, 0.3) is 11.3 Å². The summed E-state index contributed by atoms with van der Waals surface area (Å²) in [5.41, 5.74) is 0.877. The quantitative estimate of drug-likeness (QED) is 0.698. The molecule has 2 amide bonds. The molecule has 1 saturated heterocycles. The molecule has 8 heteroatoms. The number of carbonyl (C=O) groups excluding carboxylic acids is 3. The molecule has 0 radical (unpaired) electrons. The minimum Gasteiger partial charge on any atom is -0.459 e. The van der Waals surface area contributed by atoms with E-state index in [9.17, 15) is 14.4 Å². The lowest BCUT2D eigenvalue weighted by Gasteiger charge is -2.20. The largest absolute Gasteiger partial charge is 0.459 e. The molecular formula is C21H23ClN2O5. The minimum atomic E-state index is -0.528. The normalized spacial score (nSPS) is 16.3. The van der Waals surface area contributed by atoms with E-state index >= 15 is 0 Å². The van der Waals surface area contributed by atoms with Crippen LogP contribution in [0.1, 0.15) is 26.0 Å². The van der Waals surface area contributed by atoms with Gasteiger partial charge in [-0.2, -0.15) is 0 Å². The van der Waals surface area contributed by atoms with Gasteiger partial charge in [0.05, 0.1) is 12.5 Å². The summed E-state index contributed by atoms with van der Waals surface area (Å²) in [5.74, 6) is -0.320. The smallest absolute Gasteiger partial charge is 0.311 e. The minimum absolute atomic E-state index is 0.0367. The zero-order chi connectivity index (χ0) is 21.0. The lowest BCUT2D eigenvalue weighted by atomic mass is 10.1. The second-order valence-corrected chi connectivity index (χ2v) is 7.63. The zero-order valence-corrected chi connectivity index (χ0v) is 17.1. The molecule has 154 valence electrons. The Hall–Kier alpha value is -2.80. The second kappa shape index (κ2) is 9.13. The Kier molecular flexibility index (Phi) is 6.59. The van der Waals surface area contributed by atoms with Crippen LogP contribution >= 0.6 is 11.6 Å². The number of nitrogens with one attached hydrogen (secondary N) is 1. The molecule has 0 spiro atoms. The van der Waals surface area contributed by atoms with Crippen LogP contribution in [0.5, 0.6) is 0 Å². The fourth-order valence-corrected chi connectivity index (χ4v) is 3.25. The van der Waals surface area contributed by atoms with Crippen molar-refractivity contribution in [3.8, 4) is 11.3 Å². The van der Waals surface area contributed by atoms with Gasteiger partial charge >= 0.3 is 5.97 Å². The van der Waals surface area contributed by atoms with Crippen LogP contribution in [-0.2, 0) is 25.7 Å². The van der Waals surface area contributed by atoms with Crippen molar-refractivity contribution in [2.75, 3.05) is 13.2 Å². The van der Waals surface area contributed by atoms with Crippen molar-refractivity contribution in [3.63, 3.8) is 0 Å². The third kappa shape index (κ3) is 5.38. The summed E-state index contributed by atoms with van der Waals surface area (Å²) in [5, 5.41) is 3.29. The predicted molar refractivity (Wildman–Crippen MR) is 107 cm³/mol. The fraction of sp³-hybridized carbons (Fsp3) is 0.381. The number of likely N-dealkylation sites (tertiary alicyclic amines) is 1. The third-order valence-electron chi connectivity index (χ3n) is 4.71. The van der Waals surface area contributed by atoms with Crippen LogP contribution < -0.4 is 5.32 Å². The van der Waals surface area contributed by atoms with Gasteiger partial charge in [0, 0.05) is 29.6 Å². The van der Waals surface area contributed by atoms with Crippen molar-refractivity contribution < 1.29 is 23.5 Å². The van der Waals surface area contributed by atoms with Gasteiger partial charge in [-0.05, 0) is 50.2 Å². The number of ether oxygens (including phenoxy) is 1. The van der Waals surface area contributed by atoms with Crippen molar-refractivity contribution in [1.29, 1.82) is 0 Å². The van der Waals surface area contributed by atoms with Gasteiger partial charge in [-0.25, -0.2) is 0 Å². The van der Waals surface area contributed by atoms with Crippen molar-refractivity contribution >= 4 is 29.4 Å². The van der Waals surface area contributed by atoms with Crippen molar-refractivity contribution in [1.82, 2.24) is 10.2 Å². The fourth-order valence-electron chi connectivity index (χ4n) is 3.12. The van der Waals surface area contributed by atoms with Gasteiger partial charge in [-0.1, -0.05) is 11.6 Å². The number of esters is 1. The summed E-state index contributed by atoms with van der Waals surface area (Å²) >= 11 is 5.88. The zero-order valence-electron chi connectivity index (χ0n) is 16.3. The molecule has 1 unspecified atom stereocenters. The Morgan fingerprint density at radius 2 is 1.97 bits per heavy atom. The first-order valence-corrected chi connectivity index (χ1v) is 9.78. The first-order valence-electron chi connectivity index (χ1n) is 9.41. The van der Waals surface area contributed by atoms with E-state index in [0.29, 0.717) is 23.1 Å². The van der Waals surface area contributed by atoms with E-state index in [0.717, 1.165) is 5.56 Å². The second-order valence-electron chi connectivity index (χ2n) is 7.20. The maximum absolute atomic E-state index is 12.1. The number of amides is 2. The summed E-state index contributed by atoms with van der Waals surface area (Å²) in [7, 11) is 0. The third-order valence-corrected chi connectivity index (χ3v) is 4.96. The molecule has 29 heavy (non-hydrogen) atoms. The van der Waals surface area contributed by atoms with Crippen LogP contribution in [0, 0.1) is 5.92 Å². The Labute approximate surface area is 174 Å². The first kappa shape index (κ1) is 20.9. The molecule has 1 fully saturated rings. The topological polar surface area (TPSA) is 88.8 Å². The Bertz CT molecular complexity index is 891. The lowest BCUT2D eigenvalue weighted by Crippen LogP contribution is -2.33. The standard InChI is InChI=1S/C21H23ClN2O5/c1-13(2)24-11-15(9-20(24)26)21(27)28-12-19(25)23-10-17-7-8-18(29-17)14-3-5-16(22)6-4-14/h3-8,13,15H,9-12H2,1-2H3,(H,23,25). The van der Waals surface area contributed by atoms with Crippen LogP contribution in [0.15, 0.2) is 40.8 Å². The molecule has 0 saturated carbocycles. The van der Waals surface area contributed by atoms with E-state index in [1.165, 1.54) is 0 Å². The highest BCUT2D eigenvalue weighted by molar-refractivity contribution is 6.30. The number of halogens is 1. The van der Waals surface area contributed by atoms with Crippen molar-refractivity contribution in [2.45, 2.75) is 32.9 Å². The van der Waals surface area contributed by atoms with Gasteiger partial charge in [0.25, 0.3) is 5.91 Å². The van der Waals surface area contributed by atoms with Crippen LogP contribution in [0.4, 0.5) is 0 Å². The highest BCUT2D eigenvalue weighted by atomic mass is 35.5. The Morgan fingerprint density at radius 3 is 2.62 bits per heavy atom. The maximum Gasteiger partial charge on any atom is 0.311 e. The Morgan fingerprint density at radius 1 is 1.24 bits per heavy atom. The molecule has 1 aromatic carbocycles. The Balaban J connectivity index is 1.43. The number of hydrogen-bond donors (Lipinski definition) is 1. The van der Waals surface area contributed by atoms with Crippen molar-refractivity contribution in [2.24, 2.45) is 5.92 Å². The summed E-state index contributed by atoms with van der Waals surface area (Å²) < 4.78 is 10.8. The van der Waals surface area contributed by atoms with E-state index in [1.54, 1.807) is 23.1 Å². The van der Waals surface area contributed by atoms with E-state index in [2.05, 4.69) is 5.32 Å². The molecule has 0 bridgehead atoms. The number of hydrogen-bond acceptors (Lipinski definition) is 5. The van der Waals surface area contributed by atoms with E-state index in [4.69, 9.17) is 20.8 Å². The molecule has 7 nitrogen and oxygen atoms in total. The SMILES string of the molecule is CC(C)N1CC(C(=O)OCC(=O)NCc2ccc(-c3ccc(Cl)cc3)o2)CC1=O. The number of furan rings is 1. The number of carbonyl (C=O) groups is 3. The van der Waals surface area contributed by atoms with Gasteiger partial charge < -0.3 is 19.4 Å². The van der Waals surface area contributed by atoms with Crippen molar-refractivity contribution in [3.05, 3.63) is 47.2 Å². The highest BCUT2D eigenvalue weighted by Gasteiger charge is 2.36. The summed E-state index contributed by atoms with van der Waals surface area (Å²) in [6, 6.07) is 10.8. The lowest BCUT2D eigenvalue weighted by molar-refractivity contribution is -0.152. The molecular weight excluding hydrogens is 396 g/mol. The average molecular weight is 419 g/mol. The molecule has 2 aromatic rings. The van der Waals surface area contributed by atoms with Crippen LogP contribution in [-0.4, -0.2) is 41.9 Å². The van der Waals surface area contributed by atoms with Gasteiger partial charge in [0.15, 0.2) is 6.61 Å². The van der Waals surface area contributed by atoms with Gasteiger partial charge in [0.2, 0.25) is 5.91 Å². The summed E-state index contributed by atoms with van der Waals surface area (Å²) in [6.45, 7) is 3.90. The molecule has 2 heterocycles. The molecule has 1 N–H and O–H groups in total. The highest BCUT2D eigenvalue weighted by Crippen LogP contribution is 2.24. The van der Waals surface area contributed by atoms with Crippen LogP contribution in [0.3, 0.4) is 0 Å². The summed E-state index contributed by atoms with van der Waals surface area (Å²) in [6.07, 6.45) is 0.124. The molecule has 1 aliphatic heterocycles. The van der Waals surface area contributed by atoms with Gasteiger partial charge in [-0.3, -0.25) is 14.4 Å². The van der Waals surface area contributed by atoms with Crippen LogP contribution in [0.2, 0.25) is 5.02 Å². The molecule has 1 atom stereocenters. The average Bonchev–Trinajstić information content (AvgIpc) is 3.32. The summed E-state index contributed by atoms with van der Waals surface area (Å²) in [4.78, 5) is 37.6. The van der Waals surface area contributed by atoms with E-state index < -0.39 is 24.4 Å². The number of rotatable bonds is 7. The molecule has 1 aliphatic rings. The maximum atomic E-state index is 12.1. The van der Waals surface area contributed by atoms with E-state index in [-0.39, 0.29) is 24.9 Å². The number of nitrogens with zero attached hydrogens (tertiary/aromatic N) is 1. The monoisotopic (exact) mass is 418 g/mol. The van der Waals surface area contributed by atoms with E-state index in [1.807, 2.05) is 32.0 Å². The first-order chi connectivity index (χ1) is 13.8.